The molecule has 0 atom stereocenters. The maximum absolute atomic E-state index is 12.9. The molecule has 0 unspecified atom stereocenters. The van der Waals surface area contributed by atoms with Gasteiger partial charge in [0.25, 0.3) is 5.91 Å². The molecule has 3 rings (SSSR count). The van der Waals surface area contributed by atoms with Gasteiger partial charge in [0, 0.05) is 44.9 Å². The summed E-state index contributed by atoms with van der Waals surface area (Å²) in [7, 11) is 0. The van der Waals surface area contributed by atoms with Gasteiger partial charge in [-0.2, -0.15) is 4.98 Å². The molecule has 0 spiro atoms. The van der Waals surface area contributed by atoms with Crippen molar-refractivity contribution in [3.05, 3.63) is 41.5 Å². The van der Waals surface area contributed by atoms with Crippen molar-refractivity contribution in [2.75, 3.05) is 26.2 Å². The lowest BCUT2D eigenvalue weighted by Crippen LogP contribution is -2.50. The molecular formula is C17H20N4O3S. The minimum atomic E-state index is -0.00408. The van der Waals surface area contributed by atoms with Crippen LogP contribution in [0, 0.1) is 6.92 Å². The summed E-state index contributed by atoms with van der Waals surface area (Å²) < 4.78 is 4.97. The highest BCUT2D eigenvalue weighted by Crippen LogP contribution is 2.26. The number of aryl methyl sites for hydroxylation is 1. The van der Waals surface area contributed by atoms with Crippen LogP contribution in [0.2, 0.25) is 0 Å². The minimum absolute atomic E-state index is 0.00408. The van der Waals surface area contributed by atoms with Crippen molar-refractivity contribution >= 4 is 23.6 Å². The monoisotopic (exact) mass is 360 g/mol. The molecule has 25 heavy (non-hydrogen) atoms. The number of piperazine rings is 1. The van der Waals surface area contributed by atoms with Crippen LogP contribution in [0.5, 0.6) is 0 Å². The van der Waals surface area contributed by atoms with Crippen molar-refractivity contribution in [2.45, 2.75) is 24.5 Å². The molecule has 7 nitrogen and oxygen atoms in total. The fourth-order valence-electron chi connectivity index (χ4n) is 2.71. The molecule has 1 aromatic carbocycles. The molecule has 0 aliphatic carbocycles. The smallest absolute Gasteiger partial charge is 0.255 e. The highest BCUT2D eigenvalue weighted by molar-refractivity contribution is 7.98. The predicted octanol–water partition coefficient (Wildman–Crippen LogP) is 1.97. The summed E-state index contributed by atoms with van der Waals surface area (Å²) in [6.07, 6.45) is 0. The third-order valence-electron chi connectivity index (χ3n) is 4.06. The van der Waals surface area contributed by atoms with E-state index in [-0.39, 0.29) is 11.8 Å². The third-order valence-corrected chi connectivity index (χ3v) is 5.13. The Kier molecular flexibility index (Phi) is 5.37. The average molecular weight is 360 g/mol. The van der Waals surface area contributed by atoms with E-state index in [0.717, 1.165) is 4.90 Å². The molecule has 1 aliphatic heterocycles. The largest absolute Gasteiger partial charge is 0.340 e. The van der Waals surface area contributed by atoms with Crippen LogP contribution in [-0.2, 0) is 10.5 Å². The van der Waals surface area contributed by atoms with Gasteiger partial charge < -0.3 is 14.3 Å². The van der Waals surface area contributed by atoms with Crippen molar-refractivity contribution in [1.29, 1.82) is 0 Å². The van der Waals surface area contributed by atoms with E-state index < -0.39 is 0 Å². The Labute approximate surface area is 150 Å². The molecule has 1 saturated heterocycles. The Morgan fingerprint density at radius 1 is 1.16 bits per heavy atom. The fourth-order valence-corrected chi connectivity index (χ4v) is 3.59. The molecule has 0 saturated carbocycles. The van der Waals surface area contributed by atoms with E-state index >= 15 is 0 Å². The molecule has 132 valence electrons. The lowest BCUT2D eigenvalue weighted by Gasteiger charge is -2.34. The van der Waals surface area contributed by atoms with Crippen LogP contribution in [0.4, 0.5) is 0 Å². The van der Waals surface area contributed by atoms with Gasteiger partial charge in [-0.25, -0.2) is 0 Å². The van der Waals surface area contributed by atoms with Crippen LogP contribution >= 0.6 is 11.8 Å². The Hall–Kier alpha value is -2.35. The summed E-state index contributed by atoms with van der Waals surface area (Å²) in [6.45, 7) is 5.59. The Morgan fingerprint density at radius 3 is 2.48 bits per heavy atom. The summed E-state index contributed by atoms with van der Waals surface area (Å²) in [5.41, 5.74) is 0.670. The normalized spacial score (nSPS) is 14.6. The van der Waals surface area contributed by atoms with Crippen LogP contribution in [0.3, 0.4) is 0 Å². The quantitative estimate of drug-likeness (QED) is 0.776. The van der Waals surface area contributed by atoms with Crippen molar-refractivity contribution in [2.24, 2.45) is 0 Å². The zero-order valence-corrected chi connectivity index (χ0v) is 15.1. The second-order valence-corrected chi connectivity index (χ2v) is 6.83. The van der Waals surface area contributed by atoms with Crippen LogP contribution in [0.1, 0.15) is 29.0 Å². The van der Waals surface area contributed by atoms with Crippen LogP contribution in [0.15, 0.2) is 33.7 Å². The van der Waals surface area contributed by atoms with E-state index in [1.165, 1.54) is 11.8 Å². The Morgan fingerprint density at radius 2 is 1.84 bits per heavy atom. The average Bonchev–Trinajstić information content (AvgIpc) is 3.05. The molecular weight excluding hydrogens is 340 g/mol. The number of thioether (sulfide) groups is 1. The van der Waals surface area contributed by atoms with E-state index in [4.69, 9.17) is 4.52 Å². The summed E-state index contributed by atoms with van der Waals surface area (Å²) in [4.78, 5) is 32.9. The summed E-state index contributed by atoms with van der Waals surface area (Å²) >= 11 is 1.51. The summed E-state index contributed by atoms with van der Waals surface area (Å²) in [5, 5.41) is 3.88. The number of amides is 2. The topological polar surface area (TPSA) is 79.5 Å². The maximum atomic E-state index is 12.9. The molecule has 0 radical (unpaired) electrons. The molecule has 0 N–H and O–H groups in total. The highest BCUT2D eigenvalue weighted by Gasteiger charge is 2.24. The third kappa shape index (κ3) is 4.19. The van der Waals surface area contributed by atoms with Gasteiger partial charge in [0.05, 0.1) is 11.3 Å². The molecule has 1 fully saturated rings. The van der Waals surface area contributed by atoms with E-state index in [0.29, 0.717) is 49.2 Å². The van der Waals surface area contributed by atoms with Gasteiger partial charge in [-0.1, -0.05) is 17.3 Å². The number of benzene rings is 1. The van der Waals surface area contributed by atoms with Crippen molar-refractivity contribution in [1.82, 2.24) is 19.9 Å². The second-order valence-electron chi connectivity index (χ2n) is 5.81. The lowest BCUT2D eigenvalue weighted by atomic mass is 10.2. The zero-order valence-electron chi connectivity index (χ0n) is 14.3. The summed E-state index contributed by atoms with van der Waals surface area (Å²) in [5.74, 6) is 1.73. The summed E-state index contributed by atoms with van der Waals surface area (Å²) in [6, 6.07) is 7.54. The van der Waals surface area contributed by atoms with Gasteiger partial charge in [0.15, 0.2) is 5.82 Å². The SMILES string of the molecule is CC(=O)N1CCN(C(=O)c2ccccc2SCc2noc(C)n2)CC1. The van der Waals surface area contributed by atoms with Crippen molar-refractivity contribution in [3.63, 3.8) is 0 Å². The first kappa shape index (κ1) is 17.5. The molecule has 1 aromatic heterocycles. The number of carbonyl (C=O) groups is 2. The van der Waals surface area contributed by atoms with Crippen LogP contribution in [0.25, 0.3) is 0 Å². The zero-order chi connectivity index (χ0) is 17.8. The number of nitrogens with zero attached hydrogens (tertiary/aromatic N) is 4. The first-order valence-electron chi connectivity index (χ1n) is 8.10. The van der Waals surface area contributed by atoms with E-state index in [9.17, 15) is 9.59 Å². The van der Waals surface area contributed by atoms with Gasteiger partial charge in [-0.15, -0.1) is 11.8 Å². The van der Waals surface area contributed by atoms with E-state index in [2.05, 4.69) is 10.1 Å². The number of hydrogen-bond acceptors (Lipinski definition) is 6. The first-order chi connectivity index (χ1) is 12.0. The molecule has 2 aromatic rings. The Bertz CT molecular complexity index is 769. The molecule has 2 heterocycles. The van der Waals surface area contributed by atoms with E-state index in [1.807, 2.05) is 24.3 Å². The Balaban J connectivity index is 1.67. The molecule has 8 heteroatoms. The second kappa shape index (κ2) is 7.69. The van der Waals surface area contributed by atoms with Crippen LogP contribution < -0.4 is 0 Å². The van der Waals surface area contributed by atoms with Crippen molar-refractivity contribution in [3.8, 4) is 0 Å². The molecule has 2 amide bonds. The van der Waals surface area contributed by atoms with Gasteiger partial charge >= 0.3 is 0 Å². The minimum Gasteiger partial charge on any atom is -0.340 e. The van der Waals surface area contributed by atoms with E-state index in [1.54, 1.807) is 23.6 Å². The van der Waals surface area contributed by atoms with Crippen LogP contribution in [-0.4, -0.2) is 57.9 Å². The van der Waals surface area contributed by atoms with Crippen molar-refractivity contribution < 1.29 is 14.1 Å². The standard InChI is InChI=1S/C17H20N4O3S/c1-12-18-16(19-24-12)11-25-15-6-4-3-5-14(15)17(23)21-9-7-20(8-10-21)13(2)22/h3-6H,7-11H2,1-2H3. The van der Waals surface area contributed by atoms with Gasteiger partial charge in [-0.05, 0) is 12.1 Å². The number of rotatable bonds is 4. The molecule has 0 bridgehead atoms. The number of aromatic nitrogens is 2. The molecule has 1 aliphatic rings. The maximum Gasteiger partial charge on any atom is 0.255 e. The first-order valence-corrected chi connectivity index (χ1v) is 9.09. The lowest BCUT2D eigenvalue weighted by molar-refractivity contribution is -0.130. The van der Waals surface area contributed by atoms with Gasteiger partial charge in [0.2, 0.25) is 11.8 Å². The predicted molar refractivity (Wildman–Crippen MR) is 93.2 cm³/mol. The fraction of sp³-hybridized carbons (Fsp3) is 0.412. The number of hydrogen-bond donors (Lipinski definition) is 0. The van der Waals surface area contributed by atoms with Gasteiger partial charge in [0.1, 0.15) is 0 Å². The highest BCUT2D eigenvalue weighted by atomic mass is 32.2. The number of carbonyl (C=O) groups excluding carboxylic acids is 2. The van der Waals surface area contributed by atoms with Gasteiger partial charge in [-0.3, -0.25) is 9.59 Å².